The fourth-order valence-corrected chi connectivity index (χ4v) is 5.66. The first kappa shape index (κ1) is 28.7. The molecule has 43 heavy (non-hydrogen) atoms. The second-order valence-electron chi connectivity index (χ2n) is 10.3. The van der Waals surface area contributed by atoms with E-state index < -0.39 is 48.9 Å². The van der Waals surface area contributed by atoms with Gasteiger partial charge < -0.3 is 29.2 Å². The fraction of sp³-hybridized carbons (Fsp3) is 0.448. The molecule has 0 spiro atoms. The molecule has 0 saturated carbocycles. The number of imidazole rings is 1. The van der Waals surface area contributed by atoms with Gasteiger partial charge in [0.15, 0.2) is 35.6 Å². The van der Waals surface area contributed by atoms with Gasteiger partial charge in [-0.1, -0.05) is 36.4 Å². The summed E-state index contributed by atoms with van der Waals surface area (Å²) in [7, 11) is 0. The van der Waals surface area contributed by atoms with Crippen molar-refractivity contribution < 1.29 is 33.3 Å². The number of nitrogens with zero attached hydrogens (tertiary/aromatic N) is 5. The number of amides is 3. The number of fused-ring (bicyclic) bond motifs is 2. The molecule has 3 saturated heterocycles. The van der Waals surface area contributed by atoms with E-state index in [4.69, 9.17) is 18.9 Å². The maximum absolute atomic E-state index is 13.9. The zero-order valence-corrected chi connectivity index (χ0v) is 23.8. The van der Waals surface area contributed by atoms with E-state index in [1.807, 2.05) is 36.4 Å². The fourth-order valence-electron chi connectivity index (χ4n) is 5.66. The molecular weight excluding hydrogens is 558 g/mol. The molecule has 0 radical (unpaired) electrons. The number of carbonyl (C=O) groups is 3. The number of likely N-dealkylation sites (tertiary alicyclic amines) is 1. The van der Waals surface area contributed by atoms with Crippen LogP contribution in [-0.2, 0) is 28.5 Å². The van der Waals surface area contributed by atoms with E-state index in [-0.39, 0.29) is 18.3 Å². The lowest BCUT2D eigenvalue weighted by molar-refractivity contribution is -0.167. The number of rotatable bonds is 8. The van der Waals surface area contributed by atoms with Crippen molar-refractivity contribution in [2.45, 2.75) is 63.6 Å². The number of hydrogen-bond acceptors (Lipinski definition) is 10. The molecule has 14 nitrogen and oxygen atoms in total. The predicted octanol–water partition coefficient (Wildman–Crippen LogP) is 2.24. The zero-order chi connectivity index (χ0) is 29.9. The largest absolute Gasteiger partial charge is 0.464 e. The molecule has 3 aliphatic heterocycles. The molecular formula is C29H33N7O7. The molecule has 0 bridgehead atoms. The minimum absolute atomic E-state index is 0.221. The van der Waals surface area contributed by atoms with Crippen LogP contribution in [0.1, 0.15) is 38.5 Å². The maximum atomic E-state index is 13.9. The van der Waals surface area contributed by atoms with E-state index in [1.54, 1.807) is 24.5 Å². The Labute approximate surface area is 247 Å². The number of aromatic nitrogens is 4. The van der Waals surface area contributed by atoms with Gasteiger partial charge in [0.05, 0.1) is 12.9 Å². The van der Waals surface area contributed by atoms with Gasteiger partial charge >= 0.3 is 12.0 Å². The Balaban J connectivity index is 1.30. The van der Waals surface area contributed by atoms with Crippen molar-refractivity contribution in [3.05, 3.63) is 54.6 Å². The minimum atomic E-state index is -1.06. The summed E-state index contributed by atoms with van der Waals surface area (Å²) in [6.45, 7) is 4.60. The van der Waals surface area contributed by atoms with Gasteiger partial charge in [0.1, 0.15) is 24.6 Å². The molecule has 3 aromatic rings. The third kappa shape index (κ3) is 5.68. The second kappa shape index (κ2) is 12.5. The van der Waals surface area contributed by atoms with Crippen molar-refractivity contribution in [3.63, 3.8) is 0 Å². The van der Waals surface area contributed by atoms with E-state index in [2.05, 4.69) is 25.6 Å². The predicted molar refractivity (Wildman–Crippen MR) is 152 cm³/mol. The molecule has 3 fully saturated rings. The lowest BCUT2D eigenvalue weighted by Crippen LogP contribution is -2.49. The van der Waals surface area contributed by atoms with Crippen LogP contribution in [0.25, 0.3) is 17.2 Å². The van der Waals surface area contributed by atoms with Gasteiger partial charge in [0.2, 0.25) is 0 Å². The molecule has 5 heterocycles. The monoisotopic (exact) mass is 591 g/mol. The van der Waals surface area contributed by atoms with Crippen molar-refractivity contribution in [1.29, 1.82) is 0 Å². The van der Waals surface area contributed by atoms with Crippen molar-refractivity contribution in [1.82, 2.24) is 29.7 Å². The van der Waals surface area contributed by atoms with Crippen LogP contribution in [0.3, 0.4) is 0 Å². The Morgan fingerprint density at radius 2 is 1.88 bits per heavy atom. The highest BCUT2D eigenvalue weighted by atomic mass is 16.8. The van der Waals surface area contributed by atoms with Crippen LogP contribution in [0.15, 0.2) is 49.1 Å². The van der Waals surface area contributed by atoms with Gasteiger partial charge in [-0.3, -0.25) is 14.7 Å². The summed E-state index contributed by atoms with van der Waals surface area (Å²) in [4.78, 5) is 53.3. The van der Waals surface area contributed by atoms with Crippen LogP contribution < -0.4 is 10.6 Å². The molecule has 3 aliphatic rings. The summed E-state index contributed by atoms with van der Waals surface area (Å²) in [6.07, 6.45) is 3.50. The number of urea groups is 1. The molecule has 2 aromatic heterocycles. The number of nitrogens with one attached hydrogen (secondary N) is 2. The second-order valence-corrected chi connectivity index (χ2v) is 10.3. The van der Waals surface area contributed by atoms with Crippen LogP contribution >= 0.6 is 0 Å². The van der Waals surface area contributed by atoms with Crippen LogP contribution in [0.2, 0.25) is 0 Å². The van der Waals surface area contributed by atoms with Crippen molar-refractivity contribution >= 4 is 41.0 Å². The molecule has 1 aromatic carbocycles. The Morgan fingerprint density at radius 1 is 1.07 bits per heavy atom. The number of ether oxygens (including phenoxy) is 4. The van der Waals surface area contributed by atoms with Crippen LogP contribution in [0, 0.1) is 0 Å². The van der Waals surface area contributed by atoms with Crippen molar-refractivity contribution in [2.24, 2.45) is 0 Å². The van der Waals surface area contributed by atoms with Gasteiger partial charge in [-0.2, -0.15) is 0 Å². The highest BCUT2D eigenvalue weighted by molar-refractivity contribution is 5.95. The Bertz CT molecular complexity index is 1510. The van der Waals surface area contributed by atoms with Gasteiger partial charge in [0.25, 0.3) is 5.91 Å². The SMILES string of the molecule is CCNC(=O)Nc1ncnc2c1ncn2C1OC(C(=O)N2CCC[C@H]2C(=O)OCC)C2O[C@H](/C=C/c3ccccc3)OC21. The average Bonchev–Trinajstić information content (AvgIpc) is 3.80. The summed E-state index contributed by atoms with van der Waals surface area (Å²) in [6, 6.07) is 8.59. The lowest BCUT2D eigenvalue weighted by Gasteiger charge is -2.27. The standard InChI is InChI=1S/C29H33N7O7/c1-3-30-29(39)34-24-20-25(32-15-31-24)36(16-33-20)27-23-21(41-19(42-23)13-12-17-9-6-5-7-10-17)22(43-27)26(37)35-14-8-11-18(35)28(38)40-4-2/h5-7,9-10,12-13,15-16,18-19,21-23,27H,3-4,8,11,14H2,1-2H3,(H2,30,31,32,34,39)/b13-12+/t18-,19-,21?,22?,23?,27?/m0/s1. The van der Waals surface area contributed by atoms with E-state index in [0.29, 0.717) is 37.1 Å². The number of carbonyl (C=O) groups excluding carboxylic acids is 3. The summed E-state index contributed by atoms with van der Waals surface area (Å²) in [5.41, 5.74) is 1.67. The normalized spacial score (nSPS) is 26.6. The van der Waals surface area contributed by atoms with Crippen molar-refractivity contribution in [2.75, 3.05) is 25.0 Å². The first-order valence-electron chi connectivity index (χ1n) is 14.4. The lowest BCUT2D eigenvalue weighted by atomic mass is 10.1. The van der Waals surface area contributed by atoms with Gasteiger partial charge in [-0.25, -0.2) is 24.5 Å². The summed E-state index contributed by atoms with van der Waals surface area (Å²) in [5.74, 6) is -0.586. The van der Waals surface area contributed by atoms with Gasteiger partial charge in [-0.15, -0.1) is 0 Å². The number of benzene rings is 1. The molecule has 4 unspecified atom stereocenters. The van der Waals surface area contributed by atoms with Crippen LogP contribution in [-0.4, -0.2) is 92.7 Å². The molecule has 226 valence electrons. The van der Waals surface area contributed by atoms with Crippen LogP contribution in [0.5, 0.6) is 0 Å². The van der Waals surface area contributed by atoms with Gasteiger partial charge in [0, 0.05) is 13.1 Å². The maximum Gasteiger partial charge on any atom is 0.328 e. The van der Waals surface area contributed by atoms with E-state index in [0.717, 1.165) is 5.56 Å². The van der Waals surface area contributed by atoms with Gasteiger partial charge in [-0.05, 0) is 38.3 Å². The summed E-state index contributed by atoms with van der Waals surface area (Å²) in [5, 5.41) is 5.33. The topological polar surface area (TPSA) is 159 Å². The quantitative estimate of drug-likeness (QED) is 0.372. The Morgan fingerprint density at radius 3 is 2.67 bits per heavy atom. The molecule has 3 amide bonds. The highest BCUT2D eigenvalue weighted by Crippen LogP contribution is 2.42. The first-order chi connectivity index (χ1) is 21.0. The summed E-state index contributed by atoms with van der Waals surface area (Å²) >= 11 is 0. The molecule has 0 aliphatic carbocycles. The van der Waals surface area contributed by atoms with E-state index in [1.165, 1.54) is 17.6 Å². The Kier molecular flexibility index (Phi) is 8.31. The Hall–Kier alpha value is -4.40. The minimum Gasteiger partial charge on any atom is -0.464 e. The zero-order valence-electron chi connectivity index (χ0n) is 23.8. The average molecular weight is 592 g/mol. The smallest absolute Gasteiger partial charge is 0.328 e. The molecule has 14 heteroatoms. The first-order valence-corrected chi connectivity index (χ1v) is 14.4. The number of esters is 1. The molecule has 6 atom stereocenters. The third-order valence-corrected chi connectivity index (χ3v) is 7.56. The summed E-state index contributed by atoms with van der Waals surface area (Å²) < 4.78 is 25.8. The van der Waals surface area contributed by atoms with Crippen molar-refractivity contribution in [3.8, 4) is 0 Å². The van der Waals surface area contributed by atoms with E-state index >= 15 is 0 Å². The number of hydrogen-bond donors (Lipinski definition) is 2. The number of anilines is 1. The van der Waals surface area contributed by atoms with Crippen LogP contribution in [0.4, 0.5) is 10.6 Å². The molecule has 6 rings (SSSR count). The highest BCUT2D eigenvalue weighted by Gasteiger charge is 2.57. The molecule has 2 N–H and O–H groups in total. The third-order valence-electron chi connectivity index (χ3n) is 7.56. The van der Waals surface area contributed by atoms with E-state index in [9.17, 15) is 14.4 Å².